The number of aromatic nitrogens is 2. The number of hydrogen-bond donors (Lipinski definition) is 3. The minimum Gasteiger partial charge on any atom is -0.447 e. The van der Waals surface area contributed by atoms with Gasteiger partial charge in [-0.1, -0.05) is 6.07 Å². The van der Waals surface area contributed by atoms with E-state index in [0.29, 0.717) is 42.8 Å². The van der Waals surface area contributed by atoms with Gasteiger partial charge < -0.3 is 29.7 Å². The molecule has 6 rings (SSSR count). The molecule has 190 valence electrons. The third kappa shape index (κ3) is 4.55. The van der Waals surface area contributed by atoms with Crippen LogP contribution < -0.4 is 10.6 Å². The highest BCUT2D eigenvalue weighted by atomic mass is 16.5. The van der Waals surface area contributed by atoms with Gasteiger partial charge in [0.05, 0.1) is 6.61 Å². The van der Waals surface area contributed by atoms with Gasteiger partial charge in [-0.05, 0) is 61.4 Å². The maximum Gasteiger partial charge on any atom is 0.293 e. The average molecular weight is 502 g/mol. The molecular formula is C27H27N5O5. The number of ether oxygens (including phenoxy) is 1. The van der Waals surface area contributed by atoms with Crippen molar-refractivity contribution in [2.45, 2.75) is 31.7 Å². The lowest BCUT2D eigenvalue weighted by molar-refractivity contribution is -0.146. The number of morpholine rings is 1. The Kier molecular flexibility index (Phi) is 6.09. The normalized spacial score (nSPS) is 20.3. The van der Waals surface area contributed by atoms with E-state index in [4.69, 9.17) is 9.15 Å². The number of H-pyrrole nitrogens is 1. The molecule has 2 aliphatic rings. The number of fused-ring (bicyclic) bond motifs is 2. The van der Waals surface area contributed by atoms with Crippen molar-refractivity contribution in [3.63, 3.8) is 0 Å². The third-order valence-electron chi connectivity index (χ3n) is 7.24. The van der Waals surface area contributed by atoms with Crippen LogP contribution in [-0.4, -0.2) is 58.4 Å². The lowest BCUT2D eigenvalue weighted by Gasteiger charge is -2.38. The Morgan fingerprint density at radius 1 is 1.08 bits per heavy atom. The van der Waals surface area contributed by atoms with Crippen LogP contribution in [-0.2, 0) is 14.3 Å². The number of furan rings is 1. The highest BCUT2D eigenvalue weighted by molar-refractivity contribution is 6.14. The maximum absolute atomic E-state index is 13.3. The Morgan fingerprint density at radius 2 is 1.95 bits per heavy atom. The number of carbonyl (C=O) groups excluding carboxylic acids is 3. The van der Waals surface area contributed by atoms with Gasteiger partial charge in [0.25, 0.3) is 5.91 Å². The number of rotatable bonds is 5. The molecule has 1 saturated heterocycles. The van der Waals surface area contributed by atoms with Crippen LogP contribution >= 0.6 is 0 Å². The first-order valence-corrected chi connectivity index (χ1v) is 12.5. The third-order valence-corrected chi connectivity index (χ3v) is 7.24. The first-order valence-electron chi connectivity index (χ1n) is 12.5. The van der Waals surface area contributed by atoms with Gasteiger partial charge in [0, 0.05) is 42.1 Å². The number of aromatic amines is 1. The van der Waals surface area contributed by atoms with E-state index >= 15 is 0 Å². The molecule has 3 amide bonds. The second kappa shape index (κ2) is 9.70. The summed E-state index contributed by atoms with van der Waals surface area (Å²) in [5, 5.41) is 6.83. The van der Waals surface area contributed by atoms with E-state index in [2.05, 4.69) is 20.6 Å². The molecular weight excluding hydrogens is 474 g/mol. The fourth-order valence-electron chi connectivity index (χ4n) is 5.31. The van der Waals surface area contributed by atoms with E-state index in [1.54, 1.807) is 18.3 Å². The van der Waals surface area contributed by atoms with Crippen molar-refractivity contribution in [1.82, 2.24) is 14.9 Å². The Balaban J connectivity index is 1.18. The molecule has 10 heteroatoms. The summed E-state index contributed by atoms with van der Waals surface area (Å²) >= 11 is 0. The minimum absolute atomic E-state index is 0.00114. The van der Waals surface area contributed by atoms with Crippen molar-refractivity contribution in [3.8, 4) is 0 Å². The molecule has 4 aromatic rings. The van der Waals surface area contributed by atoms with Crippen LogP contribution in [0.25, 0.3) is 22.0 Å². The molecule has 2 fully saturated rings. The van der Waals surface area contributed by atoms with Gasteiger partial charge in [0.2, 0.25) is 17.6 Å². The maximum atomic E-state index is 13.3. The second-order valence-corrected chi connectivity index (χ2v) is 9.52. The summed E-state index contributed by atoms with van der Waals surface area (Å²) in [5.74, 6) is -0.870. The summed E-state index contributed by atoms with van der Waals surface area (Å²) in [6.07, 6.45) is 6.25. The van der Waals surface area contributed by atoms with E-state index < -0.39 is 5.91 Å². The van der Waals surface area contributed by atoms with Gasteiger partial charge >= 0.3 is 0 Å². The molecule has 3 aromatic heterocycles. The van der Waals surface area contributed by atoms with Gasteiger partial charge in [0.15, 0.2) is 5.58 Å². The number of carbonyl (C=O) groups is 3. The first-order chi connectivity index (χ1) is 18.1. The van der Waals surface area contributed by atoms with E-state index in [9.17, 15) is 14.4 Å². The largest absolute Gasteiger partial charge is 0.447 e. The Labute approximate surface area is 212 Å². The standard InChI is InChI=1S/C27H27N5O5/c33-22-15-36-13-12-32(22)19-7-4-17(5-8-19)26(34)31-24-23-21(2-1-10-29-23)37-25(24)27(35)30-18-6-3-16-9-11-28-20(16)14-18/h1-3,6,9-11,14,17,19,28H,4-5,7-8,12-13,15H2,(H,30,35)(H,31,34). The van der Waals surface area contributed by atoms with Crippen LogP contribution in [0.15, 0.2) is 53.2 Å². The molecule has 4 heterocycles. The predicted molar refractivity (Wildman–Crippen MR) is 137 cm³/mol. The molecule has 0 atom stereocenters. The molecule has 0 unspecified atom stereocenters. The quantitative estimate of drug-likeness (QED) is 0.380. The first kappa shape index (κ1) is 23.2. The van der Waals surface area contributed by atoms with E-state index in [-0.39, 0.29) is 41.8 Å². The summed E-state index contributed by atoms with van der Waals surface area (Å²) in [5.41, 5.74) is 2.60. The number of hydrogen-bond acceptors (Lipinski definition) is 6. The zero-order valence-electron chi connectivity index (χ0n) is 20.2. The molecule has 0 radical (unpaired) electrons. The summed E-state index contributed by atoms with van der Waals surface area (Å²) in [6.45, 7) is 1.28. The van der Waals surface area contributed by atoms with Crippen LogP contribution in [0.2, 0.25) is 0 Å². The fourth-order valence-corrected chi connectivity index (χ4v) is 5.31. The second-order valence-electron chi connectivity index (χ2n) is 9.52. The van der Waals surface area contributed by atoms with Gasteiger partial charge in [-0.2, -0.15) is 0 Å². The monoisotopic (exact) mass is 501 g/mol. The van der Waals surface area contributed by atoms with Crippen LogP contribution in [0, 0.1) is 5.92 Å². The van der Waals surface area contributed by atoms with Crippen LogP contribution in [0.3, 0.4) is 0 Å². The highest BCUT2D eigenvalue weighted by Gasteiger charge is 2.34. The van der Waals surface area contributed by atoms with Crippen molar-refractivity contribution in [2.75, 3.05) is 30.4 Å². The van der Waals surface area contributed by atoms with Gasteiger partial charge in [0.1, 0.15) is 17.8 Å². The van der Waals surface area contributed by atoms with E-state index in [1.165, 1.54) is 0 Å². The zero-order chi connectivity index (χ0) is 25.4. The van der Waals surface area contributed by atoms with E-state index in [0.717, 1.165) is 23.7 Å². The van der Waals surface area contributed by atoms with Crippen molar-refractivity contribution in [1.29, 1.82) is 0 Å². The fraction of sp³-hybridized carbons (Fsp3) is 0.333. The lowest BCUT2D eigenvalue weighted by atomic mass is 9.84. The number of benzene rings is 1. The highest BCUT2D eigenvalue weighted by Crippen LogP contribution is 2.33. The summed E-state index contributed by atoms with van der Waals surface area (Å²) < 4.78 is 11.1. The zero-order valence-corrected chi connectivity index (χ0v) is 20.2. The average Bonchev–Trinajstić information content (AvgIpc) is 3.54. The van der Waals surface area contributed by atoms with E-state index in [1.807, 2.05) is 35.4 Å². The Morgan fingerprint density at radius 3 is 2.78 bits per heavy atom. The van der Waals surface area contributed by atoms with Crippen LogP contribution in [0.5, 0.6) is 0 Å². The molecule has 37 heavy (non-hydrogen) atoms. The Bertz CT molecular complexity index is 1480. The van der Waals surface area contributed by atoms with Crippen molar-refractivity contribution < 1.29 is 23.5 Å². The molecule has 0 spiro atoms. The van der Waals surface area contributed by atoms with Gasteiger partial charge in [-0.25, -0.2) is 0 Å². The summed E-state index contributed by atoms with van der Waals surface area (Å²) in [6, 6.07) is 11.1. The Hall–Kier alpha value is -4.18. The number of amides is 3. The molecule has 0 bridgehead atoms. The molecule has 1 saturated carbocycles. The van der Waals surface area contributed by atoms with Crippen molar-refractivity contribution >= 4 is 51.1 Å². The van der Waals surface area contributed by atoms with Crippen molar-refractivity contribution in [2.24, 2.45) is 5.92 Å². The van der Waals surface area contributed by atoms with Crippen LogP contribution in [0.4, 0.5) is 11.4 Å². The van der Waals surface area contributed by atoms with Crippen LogP contribution in [0.1, 0.15) is 36.2 Å². The molecule has 10 nitrogen and oxygen atoms in total. The summed E-state index contributed by atoms with van der Waals surface area (Å²) in [4.78, 5) is 48.1. The molecule has 1 aliphatic heterocycles. The van der Waals surface area contributed by atoms with Gasteiger partial charge in [-0.15, -0.1) is 0 Å². The summed E-state index contributed by atoms with van der Waals surface area (Å²) in [7, 11) is 0. The smallest absolute Gasteiger partial charge is 0.293 e. The predicted octanol–water partition coefficient (Wildman–Crippen LogP) is 3.92. The molecule has 3 N–H and O–H groups in total. The SMILES string of the molecule is O=C(Nc1ccc2cc[nH]c2c1)c1oc2cccnc2c1NC(=O)C1CCC(N2CCOCC2=O)CC1. The topological polar surface area (TPSA) is 130 Å². The number of nitrogens with zero attached hydrogens (tertiary/aromatic N) is 2. The minimum atomic E-state index is -0.478. The molecule has 1 aromatic carbocycles. The van der Waals surface area contributed by atoms with Crippen molar-refractivity contribution in [3.05, 3.63) is 54.6 Å². The molecule has 1 aliphatic carbocycles. The number of nitrogens with one attached hydrogen (secondary N) is 3. The number of pyridine rings is 1. The number of anilines is 2. The lowest BCUT2D eigenvalue weighted by Crippen LogP contribution is -2.49. The van der Waals surface area contributed by atoms with Gasteiger partial charge in [-0.3, -0.25) is 19.4 Å².